The van der Waals surface area contributed by atoms with Gasteiger partial charge in [0.2, 0.25) is 0 Å². The molecule has 21 heavy (non-hydrogen) atoms. The quantitative estimate of drug-likeness (QED) is 0.807. The number of amides is 2. The van der Waals surface area contributed by atoms with Crippen LogP contribution in [0.5, 0.6) is 0 Å². The largest absolute Gasteiger partial charge is 0.449 e. The third-order valence-corrected chi connectivity index (χ3v) is 4.29. The van der Waals surface area contributed by atoms with Crippen LogP contribution in [-0.2, 0) is 9.47 Å². The first-order valence-electron chi connectivity index (χ1n) is 7.62. The Labute approximate surface area is 126 Å². The van der Waals surface area contributed by atoms with E-state index in [4.69, 9.17) is 9.47 Å². The number of piperidine rings is 1. The Bertz CT molecular complexity index is 410. The predicted molar refractivity (Wildman–Crippen MR) is 78.0 cm³/mol. The fourth-order valence-corrected chi connectivity index (χ4v) is 3.02. The van der Waals surface area contributed by atoms with E-state index in [1.165, 1.54) is 0 Å². The summed E-state index contributed by atoms with van der Waals surface area (Å²) in [6.45, 7) is 9.50. The van der Waals surface area contributed by atoms with E-state index in [-0.39, 0.29) is 17.7 Å². The molecule has 2 fully saturated rings. The Kier molecular flexibility index (Phi) is 4.35. The van der Waals surface area contributed by atoms with Crippen LogP contribution in [0.3, 0.4) is 0 Å². The van der Waals surface area contributed by atoms with Crippen molar-refractivity contribution in [2.24, 2.45) is 5.92 Å². The predicted octanol–water partition coefficient (Wildman–Crippen LogP) is 2.52. The number of nitrogens with one attached hydrogen (secondary N) is 1. The molecule has 0 aliphatic carbocycles. The van der Waals surface area contributed by atoms with Crippen molar-refractivity contribution in [1.29, 1.82) is 0 Å². The first-order chi connectivity index (χ1) is 9.70. The standard InChI is InChI=1S/C15H26N2O4/c1-14(2,3)21-13(19)17-8-5-11(6-9-17)15(4)7-10-20-12(18)16-15/h11H,5-10H2,1-4H3,(H,16,18). The number of alkyl carbamates (subject to hydrolysis) is 1. The molecule has 2 saturated heterocycles. The topological polar surface area (TPSA) is 67.9 Å². The highest BCUT2D eigenvalue weighted by atomic mass is 16.6. The second-order valence-corrected chi connectivity index (χ2v) is 7.17. The van der Waals surface area contributed by atoms with E-state index in [9.17, 15) is 9.59 Å². The smallest absolute Gasteiger partial charge is 0.410 e. The molecule has 0 bridgehead atoms. The Morgan fingerprint density at radius 1 is 1.38 bits per heavy atom. The molecule has 0 aromatic rings. The lowest BCUT2D eigenvalue weighted by Crippen LogP contribution is -2.58. The van der Waals surface area contributed by atoms with Gasteiger partial charge in [0.1, 0.15) is 5.60 Å². The van der Waals surface area contributed by atoms with Crippen molar-refractivity contribution in [2.45, 2.75) is 58.1 Å². The average molecular weight is 298 g/mol. The third kappa shape index (κ3) is 4.02. The summed E-state index contributed by atoms with van der Waals surface area (Å²) in [6.07, 6.45) is 1.97. The Balaban J connectivity index is 1.88. The molecule has 6 nitrogen and oxygen atoms in total. The lowest BCUT2D eigenvalue weighted by Gasteiger charge is -2.44. The van der Waals surface area contributed by atoms with Crippen LogP contribution < -0.4 is 5.32 Å². The molecule has 0 aromatic carbocycles. The van der Waals surface area contributed by atoms with E-state index in [1.54, 1.807) is 4.90 Å². The number of ether oxygens (including phenoxy) is 2. The molecule has 6 heteroatoms. The maximum absolute atomic E-state index is 12.0. The highest BCUT2D eigenvalue weighted by molar-refractivity contribution is 5.69. The normalized spacial score (nSPS) is 27.8. The van der Waals surface area contributed by atoms with Crippen LogP contribution in [0.25, 0.3) is 0 Å². The summed E-state index contributed by atoms with van der Waals surface area (Å²) >= 11 is 0. The van der Waals surface area contributed by atoms with Crippen LogP contribution in [-0.4, -0.2) is 47.9 Å². The monoisotopic (exact) mass is 298 g/mol. The summed E-state index contributed by atoms with van der Waals surface area (Å²) in [6, 6.07) is 0. The molecule has 2 aliphatic rings. The van der Waals surface area contributed by atoms with Crippen molar-refractivity contribution in [3.63, 3.8) is 0 Å². The number of carbonyl (C=O) groups excluding carboxylic acids is 2. The van der Waals surface area contributed by atoms with E-state index >= 15 is 0 Å². The van der Waals surface area contributed by atoms with Crippen molar-refractivity contribution < 1.29 is 19.1 Å². The molecule has 0 spiro atoms. The molecule has 0 radical (unpaired) electrons. The summed E-state index contributed by atoms with van der Waals surface area (Å²) in [5.41, 5.74) is -0.691. The maximum atomic E-state index is 12.0. The highest BCUT2D eigenvalue weighted by Gasteiger charge is 2.41. The minimum absolute atomic E-state index is 0.227. The lowest BCUT2D eigenvalue weighted by molar-refractivity contribution is 0.00794. The van der Waals surface area contributed by atoms with E-state index in [1.807, 2.05) is 20.8 Å². The van der Waals surface area contributed by atoms with Gasteiger partial charge in [0.05, 0.1) is 6.61 Å². The summed E-state index contributed by atoms with van der Waals surface area (Å²) in [7, 11) is 0. The van der Waals surface area contributed by atoms with E-state index in [0.717, 1.165) is 19.3 Å². The molecule has 2 heterocycles. The second-order valence-electron chi connectivity index (χ2n) is 7.17. The van der Waals surface area contributed by atoms with Crippen LogP contribution in [0, 0.1) is 5.92 Å². The Morgan fingerprint density at radius 3 is 2.52 bits per heavy atom. The van der Waals surface area contributed by atoms with E-state index < -0.39 is 5.60 Å². The number of carbonyl (C=O) groups is 2. The molecular weight excluding hydrogens is 272 g/mol. The Morgan fingerprint density at radius 2 is 2.00 bits per heavy atom. The van der Waals surface area contributed by atoms with Crippen LogP contribution in [0.1, 0.15) is 47.0 Å². The van der Waals surface area contributed by atoms with Gasteiger partial charge in [-0.05, 0) is 46.5 Å². The average Bonchev–Trinajstić information content (AvgIpc) is 2.36. The van der Waals surface area contributed by atoms with Crippen LogP contribution >= 0.6 is 0 Å². The molecule has 2 amide bonds. The summed E-state index contributed by atoms with van der Waals surface area (Å²) < 4.78 is 10.3. The first kappa shape index (κ1) is 15.9. The number of nitrogens with zero attached hydrogens (tertiary/aromatic N) is 1. The third-order valence-electron chi connectivity index (χ3n) is 4.29. The fraction of sp³-hybridized carbons (Fsp3) is 0.867. The van der Waals surface area contributed by atoms with Crippen molar-refractivity contribution in [2.75, 3.05) is 19.7 Å². The maximum Gasteiger partial charge on any atom is 0.410 e. The Hall–Kier alpha value is -1.46. The van der Waals surface area contributed by atoms with Gasteiger partial charge in [-0.25, -0.2) is 9.59 Å². The summed E-state index contributed by atoms with van der Waals surface area (Å²) in [5.74, 6) is 0.365. The van der Waals surface area contributed by atoms with Gasteiger partial charge in [-0.2, -0.15) is 0 Å². The highest BCUT2D eigenvalue weighted by Crippen LogP contribution is 2.33. The molecular formula is C15H26N2O4. The van der Waals surface area contributed by atoms with Crippen molar-refractivity contribution in [1.82, 2.24) is 10.2 Å². The first-order valence-corrected chi connectivity index (χ1v) is 7.62. The zero-order valence-electron chi connectivity index (χ0n) is 13.4. The summed E-state index contributed by atoms with van der Waals surface area (Å²) in [5, 5.41) is 2.95. The number of cyclic esters (lactones) is 1. The molecule has 1 unspecified atom stereocenters. The van der Waals surface area contributed by atoms with Crippen molar-refractivity contribution in [3.8, 4) is 0 Å². The number of hydrogen-bond acceptors (Lipinski definition) is 4. The number of likely N-dealkylation sites (tertiary alicyclic amines) is 1. The fourth-order valence-electron chi connectivity index (χ4n) is 3.02. The second kappa shape index (κ2) is 5.73. The zero-order chi connectivity index (χ0) is 15.7. The van der Waals surface area contributed by atoms with Gasteiger partial charge in [0.15, 0.2) is 0 Å². The molecule has 2 aliphatic heterocycles. The van der Waals surface area contributed by atoms with Crippen molar-refractivity contribution >= 4 is 12.2 Å². The molecule has 1 atom stereocenters. The lowest BCUT2D eigenvalue weighted by atomic mass is 9.76. The van der Waals surface area contributed by atoms with E-state index in [0.29, 0.717) is 25.6 Å². The minimum Gasteiger partial charge on any atom is -0.449 e. The SMILES string of the molecule is CC(C)(C)OC(=O)N1CCC(C2(C)CCOC(=O)N2)CC1. The van der Waals surface area contributed by atoms with Crippen molar-refractivity contribution in [3.05, 3.63) is 0 Å². The van der Waals surface area contributed by atoms with Crippen LogP contribution in [0.2, 0.25) is 0 Å². The van der Waals surface area contributed by atoms with Gasteiger partial charge in [0.25, 0.3) is 0 Å². The van der Waals surface area contributed by atoms with E-state index in [2.05, 4.69) is 12.2 Å². The number of hydrogen-bond donors (Lipinski definition) is 1. The minimum atomic E-state index is -0.464. The van der Waals surface area contributed by atoms with Gasteiger partial charge in [-0.15, -0.1) is 0 Å². The molecule has 1 N–H and O–H groups in total. The summed E-state index contributed by atoms with van der Waals surface area (Å²) in [4.78, 5) is 25.2. The molecule has 120 valence electrons. The van der Waals surface area contributed by atoms with Crippen LogP contribution in [0.15, 0.2) is 0 Å². The molecule has 0 saturated carbocycles. The van der Waals surface area contributed by atoms with Gasteiger partial charge in [0, 0.05) is 25.0 Å². The van der Waals surface area contributed by atoms with Gasteiger partial charge < -0.3 is 19.7 Å². The van der Waals surface area contributed by atoms with Gasteiger partial charge >= 0.3 is 12.2 Å². The van der Waals surface area contributed by atoms with Crippen LogP contribution in [0.4, 0.5) is 9.59 Å². The number of rotatable bonds is 1. The molecule has 0 aromatic heterocycles. The van der Waals surface area contributed by atoms with Gasteiger partial charge in [-0.1, -0.05) is 0 Å². The zero-order valence-corrected chi connectivity index (χ0v) is 13.4. The van der Waals surface area contributed by atoms with Gasteiger partial charge in [-0.3, -0.25) is 0 Å². The molecule has 2 rings (SSSR count).